The van der Waals surface area contributed by atoms with Crippen molar-refractivity contribution in [2.24, 2.45) is 0 Å². The van der Waals surface area contributed by atoms with Crippen LogP contribution in [-0.2, 0) is 0 Å². The van der Waals surface area contributed by atoms with Crippen LogP contribution in [0.3, 0.4) is 0 Å². The van der Waals surface area contributed by atoms with Crippen LogP contribution in [0.1, 0.15) is 18.9 Å². The molecule has 0 atom stereocenters. The first-order chi connectivity index (χ1) is 5.88. The molecule has 0 spiro atoms. The smallest absolute Gasteiger partial charge is 0.147 e. The van der Waals surface area contributed by atoms with Crippen LogP contribution in [0.2, 0.25) is 0 Å². The molecule has 4 nitrogen and oxygen atoms in total. The molecule has 0 aliphatic carbocycles. The Morgan fingerprint density at radius 2 is 2.50 bits per heavy atom. The summed E-state index contributed by atoms with van der Waals surface area (Å²) in [6, 6.07) is 2.02. The van der Waals surface area contributed by atoms with Gasteiger partial charge in [-0.2, -0.15) is 5.26 Å². The molecule has 4 heteroatoms. The van der Waals surface area contributed by atoms with E-state index in [0.29, 0.717) is 11.4 Å². The molecule has 0 saturated carbocycles. The van der Waals surface area contributed by atoms with Crippen molar-refractivity contribution in [3.63, 3.8) is 0 Å². The third-order valence-electron chi connectivity index (χ3n) is 1.38. The van der Waals surface area contributed by atoms with E-state index in [0.717, 1.165) is 13.0 Å². The minimum atomic E-state index is 0.492. The number of rotatable bonds is 3. The number of aromatic nitrogens is 2. The van der Waals surface area contributed by atoms with Crippen molar-refractivity contribution < 1.29 is 0 Å². The molecule has 0 bridgehead atoms. The summed E-state index contributed by atoms with van der Waals surface area (Å²) in [5.41, 5.74) is 0.492. The zero-order valence-electron chi connectivity index (χ0n) is 6.91. The second kappa shape index (κ2) is 4.29. The Morgan fingerprint density at radius 3 is 3.17 bits per heavy atom. The van der Waals surface area contributed by atoms with E-state index < -0.39 is 0 Å². The predicted molar refractivity (Wildman–Crippen MR) is 45.5 cm³/mol. The van der Waals surface area contributed by atoms with Gasteiger partial charge in [0.1, 0.15) is 23.8 Å². The van der Waals surface area contributed by atoms with Gasteiger partial charge in [-0.3, -0.25) is 0 Å². The van der Waals surface area contributed by atoms with Gasteiger partial charge in [-0.15, -0.1) is 0 Å². The van der Waals surface area contributed by atoms with Gasteiger partial charge in [0.2, 0.25) is 0 Å². The lowest BCUT2D eigenvalue weighted by Crippen LogP contribution is -2.04. The van der Waals surface area contributed by atoms with Crippen LogP contribution < -0.4 is 5.32 Å². The van der Waals surface area contributed by atoms with E-state index in [-0.39, 0.29) is 0 Å². The quantitative estimate of drug-likeness (QED) is 0.724. The highest BCUT2D eigenvalue weighted by Crippen LogP contribution is 2.07. The molecule has 1 N–H and O–H groups in total. The lowest BCUT2D eigenvalue weighted by Gasteiger charge is -2.03. The minimum absolute atomic E-state index is 0.492. The number of hydrogen-bond donors (Lipinski definition) is 1. The Hall–Kier alpha value is -1.63. The minimum Gasteiger partial charge on any atom is -0.369 e. The van der Waals surface area contributed by atoms with Crippen LogP contribution in [-0.4, -0.2) is 16.5 Å². The van der Waals surface area contributed by atoms with Crippen molar-refractivity contribution in [1.29, 1.82) is 5.26 Å². The Kier molecular flexibility index (Phi) is 3.03. The lowest BCUT2D eigenvalue weighted by atomic mass is 10.3. The van der Waals surface area contributed by atoms with Gasteiger partial charge >= 0.3 is 0 Å². The second-order valence-corrected chi connectivity index (χ2v) is 2.32. The van der Waals surface area contributed by atoms with Gasteiger partial charge in [-0.05, 0) is 6.42 Å². The molecule has 0 aliphatic heterocycles. The van der Waals surface area contributed by atoms with Crippen LogP contribution in [0.4, 0.5) is 5.82 Å². The van der Waals surface area contributed by atoms with Crippen LogP contribution in [0.15, 0.2) is 12.5 Å². The highest BCUT2D eigenvalue weighted by atomic mass is 15.0. The fourth-order valence-electron chi connectivity index (χ4n) is 0.796. The van der Waals surface area contributed by atoms with Crippen LogP contribution in [0.5, 0.6) is 0 Å². The van der Waals surface area contributed by atoms with Crippen LogP contribution >= 0.6 is 0 Å². The van der Waals surface area contributed by atoms with E-state index in [1.807, 2.05) is 6.07 Å². The standard InChI is InChI=1S/C8H10N4/c1-2-3-11-8-7(4-9)5-10-6-12-8/h5-6H,2-3H2,1H3,(H,10,11,12). The fraction of sp³-hybridized carbons (Fsp3) is 0.375. The fourth-order valence-corrected chi connectivity index (χ4v) is 0.796. The third kappa shape index (κ3) is 1.92. The van der Waals surface area contributed by atoms with E-state index in [4.69, 9.17) is 5.26 Å². The van der Waals surface area contributed by atoms with Crippen LogP contribution in [0.25, 0.3) is 0 Å². The van der Waals surface area contributed by atoms with Crippen molar-refractivity contribution >= 4 is 5.82 Å². The average molecular weight is 162 g/mol. The summed E-state index contributed by atoms with van der Waals surface area (Å²) in [4.78, 5) is 7.69. The van der Waals surface area contributed by atoms with Crippen molar-refractivity contribution in [3.05, 3.63) is 18.1 Å². The molecule has 1 rings (SSSR count). The van der Waals surface area contributed by atoms with Crippen molar-refractivity contribution in [2.75, 3.05) is 11.9 Å². The van der Waals surface area contributed by atoms with E-state index >= 15 is 0 Å². The summed E-state index contributed by atoms with van der Waals surface area (Å²) in [6.07, 6.45) is 3.94. The summed E-state index contributed by atoms with van der Waals surface area (Å²) >= 11 is 0. The van der Waals surface area contributed by atoms with Gasteiger partial charge in [0.25, 0.3) is 0 Å². The van der Waals surface area contributed by atoms with Gasteiger partial charge in [0.15, 0.2) is 0 Å². The Balaban J connectivity index is 2.77. The van der Waals surface area contributed by atoms with E-state index in [2.05, 4.69) is 22.2 Å². The van der Waals surface area contributed by atoms with Gasteiger partial charge < -0.3 is 5.32 Å². The maximum atomic E-state index is 8.65. The van der Waals surface area contributed by atoms with E-state index in [1.165, 1.54) is 12.5 Å². The Morgan fingerprint density at radius 1 is 1.67 bits per heavy atom. The number of nitriles is 1. The second-order valence-electron chi connectivity index (χ2n) is 2.32. The molecule has 12 heavy (non-hydrogen) atoms. The summed E-state index contributed by atoms with van der Waals surface area (Å²) < 4.78 is 0. The molecule has 62 valence electrons. The molecule has 1 heterocycles. The molecule has 0 saturated heterocycles. The monoisotopic (exact) mass is 162 g/mol. The Labute approximate surface area is 71.3 Å². The first kappa shape index (κ1) is 8.47. The number of nitrogens with zero attached hydrogens (tertiary/aromatic N) is 3. The number of nitrogens with one attached hydrogen (secondary N) is 1. The molecule has 1 aromatic heterocycles. The zero-order chi connectivity index (χ0) is 8.81. The van der Waals surface area contributed by atoms with Crippen LogP contribution in [0, 0.1) is 11.3 Å². The van der Waals surface area contributed by atoms with Crippen molar-refractivity contribution in [3.8, 4) is 6.07 Å². The maximum Gasteiger partial charge on any atom is 0.147 e. The van der Waals surface area contributed by atoms with E-state index in [1.54, 1.807) is 0 Å². The van der Waals surface area contributed by atoms with Gasteiger partial charge in [-0.1, -0.05) is 6.92 Å². The molecule has 0 radical (unpaired) electrons. The van der Waals surface area contributed by atoms with Crippen molar-refractivity contribution in [2.45, 2.75) is 13.3 Å². The maximum absolute atomic E-state index is 8.65. The van der Waals surface area contributed by atoms with Crippen molar-refractivity contribution in [1.82, 2.24) is 9.97 Å². The topological polar surface area (TPSA) is 61.6 Å². The molecule has 1 aromatic rings. The summed E-state index contributed by atoms with van der Waals surface area (Å²) in [5.74, 6) is 0.620. The van der Waals surface area contributed by atoms with Gasteiger partial charge in [0, 0.05) is 6.54 Å². The number of anilines is 1. The molecule has 0 amide bonds. The molecule has 0 aliphatic rings. The molecule has 0 fully saturated rings. The molecule has 0 unspecified atom stereocenters. The van der Waals surface area contributed by atoms with Gasteiger partial charge in [-0.25, -0.2) is 9.97 Å². The molecular formula is C8H10N4. The highest BCUT2D eigenvalue weighted by molar-refractivity contribution is 5.49. The zero-order valence-corrected chi connectivity index (χ0v) is 6.91. The number of hydrogen-bond acceptors (Lipinski definition) is 4. The van der Waals surface area contributed by atoms with E-state index in [9.17, 15) is 0 Å². The Bertz CT molecular complexity index is 289. The molecular weight excluding hydrogens is 152 g/mol. The average Bonchev–Trinajstić information content (AvgIpc) is 2.15. The highest BCUT2D eigenvalue weighted by Gasteiger charge is 1.99. The first-order valence-corrected chi connectivity index (χ1v) is 3.82. The first-order valence-electron chi connectivity index (χ1n) is 3.82. The summed E-state index contributed by atoms with van der Waals surface area (Å²) in [5, 5.41) is 11.7. The van der Waals surface area contributed by atoms with Gasteiger partial charge in [0.05, 0.1) is 6.20 Å². The predicted octanol–water partition coefficient (Wildman–Crippen LogP) is 1.17. The largest absolute Gasteiger partial charge is 0.369 e. The summed E-state index contributed by atoms with van der Waals surface area (Å²) in [7, 11) is 0. The SMILES string of the molecule is CCCNc1ncncc1C#N. The normalized spacial score (nSPS) is 9.00. The third-order valence-corrected chi connectivity index (χ3v) is 1.38. The summed E-state index contributed by atoms with van der Waals surface area (Å²) in [6.45, 7) is 2.88. The lowest BCUT2D eigenvalue weighted by molar-refractivity contribution is 0.962. The molecule has 0 aromatic carbocycles.